The lowest BCUT2D eigenvalue weighted by atomic mass is 9.99. The summed E-state index contributed by atoms with van der Waals surface area (Å²) in [7, 11) is 0. The van der Waals surface area contributed by atoms with Crippen LogP contribution in [-0.2, 0) is 0 Å². The fraction of sp³-hybridized carbons (Fsp3) is 0.538. The number of amides is 1. The molecule has 1 aromatic rings. The van der Waals surface area contributed by atoms with Crippen molar-refractivity contribution >= 4 is 5.91 Å². The molecule has 86 valence electrons. The molecule has 0 bridgehead atoms. The second-order valence-electron chi connectivity index (χ2n) is 4.27. The van der Waals surface area contributed by atoms with Crippen molar-refractivity contribution < 1.29 is 4.79 Å². The van der Waals surface area contributed by atoms with Crippen LogP contribution in [0.2, 0.25) is 0 Å². The highest BCUT2D eigenvalue weighted by atomic mass is 16.2. The van der Waals surface area contributed by atoms with E-state index in [4.69, 9.17) is 0 Å². The second kappa shape index (κ2) is 5.10. The first-order valence-corrected chi connectivity index (χ1v) is 6.05. The van der Waals surface area contributed by atoms with Gasteiger partial charge in [0, 0.05) is 18.8 Å². The van der Waals surface area contributed by atoms with E-state index in [1.54, 1.807) is 12.3 Å². The molecule has 1 saturated heterocycles. The van der Waals surface area contributed by atoms with E-state index >= 15 is 0 Å². The molecule has 1 atom stereocenters. The third-order valence-electron chi connectivity index (χ3n) is 3.24. The Morgan fingerprint density at radius 3 is 3.06 bits per heavy atom. The third-order valence-corrected chi connectivity index (χ3v) is 3.24. The third kappa shape index (κ3) is 2.23. The molecule has 2 heterocycles. The van der Waals surface area contributed by atoms with Crippen molar-refractivity contribution in [1.29, 1.82) is 0 Å². The molecule has 0 aromatic carbocycles. The van der Waals surface area contributed by atoms with Gasteiger partial charge in [-0.2, -0.15) is 0 Å². The first-order valence-electron chi connectivity index (χ1n) is 6.05. The minimum absolute atomic E-state index is 0.0900. The molecule has 1 fully saturated rings. The summed E-state index contributed by atoms with van der Waals surface area (Å²) >= 11 is 0. The van der Waals surface area contributed by atoms with Crippen molar-refractivity contribution in [3.05, 3.63) is 30.1 Å². The summed E-state index contributed by atoms with van der Waals surface area (Å²) in [5.41, 5.74) is 0.572. The van der Waals surface area contributed by atoms with Gasteiger partial charge in [-0.05, 0) is 37.8 Å². The molecule has 1 unspecified atom stereocenters. The van der Waals surface area contributed by atoms with Crippen molar-refractivity contribution in [2.75, 3.05) is 6.54 Å². The van der Waals surface area contributed by atoms with Crippen LogP contribution >= 0.6 is 0 Å². The van der Waals surface area contributed by atoms with Crippen LogP contribution in [0.5, 0.6) is 0 Å². The highest BCUT2D eigenvalue weighted by Crippen LogP contribution is 2.21. The predicted octanol–water partition coefficient (Wildman–Crippen LogP) is 2.49. The molecule has 3 nitrogen and oxygen atoms in total. The van der Waals surface area contributed by atoms with Crippen molar-refractivity contribution in [1.82, 2.24) is 9.88 Å². The molecule has 0 radical (unpaired) electrons. The zero-order chi connectivity index (χ0) is 11.4. The van der Waals surface area contributed by atoms with Crippen LogP contribution in [-0.4, -0.2) is 28.4 Å². The van der Waals surface area contributed by atoms with Crippen molar-refractivity contribution in [2.45, 2.75) is 38.6 Å². The van der Waals surface area contributed by atoms with Crippen LogP contribution in [0, 0.1) is 0 Å². The lowest BCUT2D eigenvalue weighted by molar-refractivity contribution is 0.0602. The van der Waals surface area contributed by atoms with Gasteiger partial charge in [-0.25, -0.2) is 0 Å². The van der Waals surface area contributed by atoms with Crippen LogP contribution in [0.25, 0.3) is 0 Å². The summed E-state index contributed by atoms with van der Waals surface area (Å²) in [5.74, 6) is 0.0900. The zero-order valence-corrected chi connectivity index (χ0v) is 9.72. The number of rotatable bonds is 2. The van der Waals surface area contributed by atoms with Crippen LogP contribution in [0.15, 0.2) is 24.4 Å². The maximum Gasteiger partial charge on any atom is 0.272 e. The predicted molar refractivity (Wildman–Crippen MR) is 63.2 cm³/mol. The topological polar surface area (TPSA) is 33.2 Å². The van der Waals surface area contributed by atoms with E-state index in [1.807, 2.05) is 17.0 Å². The number of likely N-dealkylation sites (tertiary alicyclic amines) is 1. The van der Waals surface area contributed by atoms with Crippen molar-refractivity contribution in [2.24, 2.45) is 0 Å². The number of carbonyl (C=O) groups is 1. The van der Waals surface area contributed by atoms with Crippen LogP contribution < -0.4 is 0 Å². The Labute approximate surface area is 96.5 Å². The summed E-state index contributed by atoms with van der Waals surface area (Å²) in [6.07, 6.45) is 6.21. The Morgan fingerprint density at radius 2 is 2.38 bits per heavy atom. The zero-order valence-electron chi connectivity index (χ0n) is 9.72. The Balaban J connectivity index is 2.14. The summed E-state index contributed by atoms with van der Waals surface area (Å²) in [4.78, 5) is 18.4. The summed E-state index contributed by atoms with van der Waals surface area (Å²) in [6, 6.07) is 5.90. The molecule has 1 amide bonds. The monoisotopic (exact) mass is 218 g/mol. The van der Waals surface area contributed by atoms with Gasteiger partial charge in [0.25, 0.3) is 5.91 Å². The highest BCUT2D eigenvalue weighted by Gasteiger charge is 2.26. The van der Waals surface area contributed by atoms with E-state index < -0.39 is 0 Å². The average molecular weight is 218 g/mol. The first kappa shape index (κ1) is 11.1. The summed E-state index contributed by atoms with van der Waals surface area (Å²) < 4.78 is 0. The summed E-state index contributed by atoms with van der Waals surface area (Å²) in [5, 5.41) is 0. The average Bonchev–Trinajstić information content (AvgIpc) is 2.39. The van der Waals surface area contributed by atoms with E-state index in [2.05, 4.69) is 11.9 Å². The summed E-state index contributed by atoms with van der Waals surface area (Å²) in [6.45, 7) is 3.03. The highest BCUT2D eigenvalue weighted by molar-refractivity contribution is 5.92. The van der Waals surface area contributed by atoms with Gasteiger partial charge in [0.05, 0.1) is 0 Å². The number of pyridine rings is 1. The molecule has 0 saturated carbocycles. The van der Waals surface area contributed by atoms with E-state index in [0.717, 1.165) is 25.8 Å². The van der Waals surface area contributed by atoms with Crippen LogP contribution in [0.1, 0.15) is 43.1 Å². The lowest BCUT2D eigenvalue weighted by Crippen LogP contribution is -2.43. The number of hydrogen-bond donors (Lipinski definition) is 0. The molecule has 0 spiro atoms. The molecule has 0 N–H and O–H groups in total. The number of hydrogen-bond acceptors (Lipinski definition) is 2. The Hall–Kier alpha value is -1.38. The van der Waals surface area contributed by atoms with E-state index in [-0.39, 0.29) is 5.91 Å². The molecule has 2 rings (SSSR count). The minimum atomic E-state index is 0.0900. The second-order valence-corrected chi connectivity index (χ2v) is 4.27. The van der Waals surface area contributed by atoms with Gasteiger partial charge in [0.15, 0.2) is 0 Å². The molecule has 16 heavy (non-hydrogen) atoms. The Kier molecular flexibility index (Phi) is 3.54. The maximum atomic E-state index is 12.2. The van der Waals surface area contributed by atoms with Gasteiger partial charge in [0.1, 0.15) is 5.69 Å². The molecule has 0 aliphatic carbocycles. The SMILES string of the molecule is CCC1CCCCN1C(=O)c1ccccn1. The van der Waals surface area contributed by atoms with E-state index in [9.17, 15) is 4.79 Å². The van der Waals surface area contributed by atoms with Crippen LogP contribution in [0.3, 0.4) is 0 Å². The van der Waals surface area contributed by atoms with E-state index in [0.29, 0.717) is 11.7 Å². The maximum absolute atomic E-state index is 12.2. The molecule has 1 aliphatic rings. The smallest absolute Gasteiger partial charge is 0.272 e. The van der Waals surface area contributed by atoms with Crippen molar-refractivity contribution in [3.63, 3.8) is 0 Å². The van der Waals surface area contributed by atoms with Gasteiger partial charge < -0.3 is 4.90 Å². The normalized spacial score (nSPS) is 20.8. The minimum Gasteiger partial charge on any atom is -0.334 e. The quantitative estimate of drug-likeness (QED) is 0.764. The van der Waals surface area contributed by atoms with Gasteiger partial charge in [0.2, 0.25) is 0 Å². The molecular weight excluding hydrogens is 200 g/mol. The first-order chi connectivity index (χ1) is 7.83. The largest absolute Gasteiger partial charge is 0.334 e. The van der Waals surface area contributed by atoms with Gasteiger partial charge in [-0.1, -0.05) is 13.0 Å². The van der Waals surface area contributed by atoms with E-state index in [1.165, 1.54) is 6.42 Å². The fourth-order valence-electron chi connectivity index (χ4n) is 2.33. The number of nitrogens with zero attached hydrogens (tertiary/aromatic N) is 2. The Morgan fingerprint density at radius 1 is 1.50 bits per heavy atom. The lowest BCUT2D eigenvalue weighted by Gasteiger charge is -2.35. The number of piperidine rings is 1. The Bertz CT molecular complexity index is 350. The van der Waals surface area contributed by atoms with Crippen LogP contribution in [0.4, 0.5) is 0 Å². The van der Waals surface area contributed by atoms with Crippen molar-refractivity contribution in [3.8, 4) is 0 Å². The van der Waals surface area contributed by atoms with Gasteiger partial charge in [-0.3, -0.25) is 9.78 Å². The molecule has 1 aliphatic heterocycles. The number of carbonyl (C=O) groups excluding carboxylic acids is 1. The standard InChI is InChI=1S/C13H18N2O/c1-2-11-7-4-6-10-15(11)13(16)12-8-3-5-9-14-12/h3,5,8-9,11H,2,4,6-7,10H2,1H3. The molecular formula is C13H18N2O. The molecule has 3 heteroatoms. The fourth-order valence-corrected chi connectivity index (χ4v) is 2.33. The molecule has 1 aromatic heterocycles. The van der Waals surface area contributed by atoms with Gasteiger partial charge in [-0.15, -0.1) is 0 Å². The number of aromatic nitrogens is 1. The van der Waals surface area contributed by atoms with Gasteiger partial charge >= 0.3 is 0 Å².